The number of amides is 1. The van der Waals surface area contributed by atoms with Crippen LogP contribution in [0.1, 0.15) is 37.3 Å². The Kier molecular flexibility index (Phi) is 5.49. The van der Waals surface area contributed by atoms with E-state index in [-0.39, 0.29) is 0 Å². The summed E-state index contributed by atoms with van der Waals surface area (Å²) in [5, 5.41) is -0.402. The van der Waals surface area contributed by atoms with Gasteiger partial charge in [0.25, 0.3) is 0 Å². The van der Waals surface area contributed by atoms with Gasteiger partial charge in [-0.15, -0.1) is 0 Å². The first kappa shape index (κ1) is 14.0. The quantitative estimate of drug-likeness (QED) is 0.573. The molecule has 0 heterocycles. The summed E-state index contributed by atoms with van der Waals surface area (Å²) in [4.78, 5) is 12.4. The number of carbonyl (C=O) groups is 1. The Labute approximate surface area is 109 Å². The van der Waals surface area contributed by atoms with E-state index in [1.54, 1.807) is 7.05 Å². The molecule has 0 aromatic heterocycles. The van der Waals surface area contributed by atoms with E-state index in [1.807, 2.05) is 0 Å². The van der Waals surface area contributed by atoms with Gasteiger partial charge in [-0.1, -0.05) is 38.1 Å². The van der Waals surface area contributed by atoms with Crippen LogP contribution in [0.15, 0.2) is 24.3 Å². The molecule has 1 amide bonds. The number of halogens is 1. The fraction of sp³-hybridized carbons (Fsp3) is 0.500. The highest BCUT2D eigenvalue weighted by Gasteiger charge is 2.05. The number of hydrogen-bond donors (Lipinski definition) is 0. The lowest BCUT2D eigenvalue weighted by Gasteiger charge is -2.14. The van der Waals surface area contributed by atoms with E-state index >= 15 is 0 Å². The first-order valence-electron chi connectivity index (χ1n) is 6.04. The molecule has 94 valence electrons. The van der Waals surface area contributed by atoms with Crippen LogP contribution < -0.4 is 0 Å². The highest BCUT2D eigenvalue weighted by molar-refractivity contribution is 6.62. The van der Waals surface area contributed by atoms with Crippen LogP contribution in [0.25, 0.3) is 0 Å². The van der Waals surface area contributed by atoms with Gasteiger partial charge in [0.15, 0.2) is 0 Å². The van der Waals surface area contributed by atoms with Crippen molar-refractivity contribution in [3.63, 3.8) is 0 Å². The summed E-state index contributed by atoms with van der Waals surface area (Å²) >= 11 is 5.37. The molecule has 3 heteroatoms. The lowest BCUT2D eigenvalue weighted by Crippen LogP contribution is -2.23. The molecule has 0 spiro atoms. The van der Waals surface area contributed by atoms with Gasteiger partial charge in [-0.25, -0.2) is 0 Å². The maximum atomic E-state index is 10.8. The van der Waals surface area contributed by atoms with Gasteiger partial charge in [-0.2, -0.15) is 0 Å². The molecular weight excluding hydrogens is 234 g/mol. The fourth-order valence-corrected chi connectivity index (χ4v) is 1.72. The molecule has 0 bridgehead atoms. The van der Waals surface area contributed by atoms with Crippen molar-refractivity contribution in [1.29, 1.82) is 0 Å². The Hall–Kier alpha value is -1.02. The predicted molar refractivity (Wildman–Crippen MR) is 72.7 cm³/mol. The molecule has 1 aromatic carbocycles. The van der Waals surface area contributed by atoms with Crippen LogP contribution in [0.5, 0.6) is 0 Å². The summed E-state index contributed by atoms with van der Waals surface area (Å²) in [7, 11) is 1.71. The summed E-state index contributed by atoms with van der Waals surface area (Å²) in [5.41, 5.74) is 2.61. The maximum absolute atomic E-state index is 10.8. The second-order valence-electron chi connectivity index (χ2n) is 4.48. The SMILES string of the molecule is CCC(C)c1ccc(CCN(C)C(=O)Cl)cc1. The zero-order chi connectivity index (χ0) is 12.8. The Bertz CT molecular complexity index is 361. The molecule has 0 aliphatic rings. The second-order valence-corrected chi connectivity index (χ2v) is 4.80. The van der Waals surface area contributed by atoms with Crippen molar-refractivity contribution in [1.82, 2.24) is 4.90 Å². The molecule has 0 aliphatic heterocycles. The minimum atomic E-state index is -0.402. The van der Waals surface area contributed by atoms with E-state index in [2.05, 4.69) is 38.1 Å². The van der Waals surface area contributed by atoms with Crippen molar-refractivity contribution >= 4 is 17.0 Å². The first-order valence-corrected chi connectivity index (χ1v) is 6.41. The van der Waals surface area contributed by atoms with Crippen LogP contribution >= 0.6 is 11.6 Å². The van der Waals surface area contributed by atoms with Gasteiger partial charge in [0.2, 0.25) is 0 Å². The minimum absolute atomic E-state index is 0.402. The van der Waals surface area contributed by atoms with Crippen LogP contribution in [-0.2, 0) is 6.42 Å². The second kappa shape index (κ2) is 6.65. The van der Waals surface area contributed by atoms with Crippen molar-refractivity contribution in [2.75, 3.05) is 13.6 Å². The average molecular weight is 254 g/mol. The van der Waals surface area contributed by atoms with E-state index in [4.69, 9.17) is 11.6 Å². The first-order chi connectivity index (χ1) is 8.04. The molecule has 0 saturated heterocycles. The summed E-state index contributed by atoms with van der Waals surface area (Å²) in [6.07, 6.45) is 2.00. The monoisotopic (exact) mass is 253 g/mol. The summed E-state index contributed by atoms with van der Waals surface area (Å²) in [6.45, 7) is 5.08. The largest absolute Gasteiger partial charge is 0.332 e. The van der Waals surface area contributed by atoms with Crippen LogP contribution in [-0.4, -0.2) is 23.9 Å². The van der Waals surface area contributed by atoms with Crippen LogP contribution in [0, 0.1) is 0 Å². The number of likely N-dealkylation sites (N-methyl/N-ethyl adjacent to an activating group) is 1. The molecule has 2 nitrogen and oxygen atoms in total. The van der Waals surface area contributed by atoms with E-state index in [0.717, 1.165) is 12.8 Å². The number of carbonyl (C=O) groups excluding carboxylic acids is 1. The molecule has 0 radical (unpaired) electrons. The van der Waals surface area contributed by atoms with E-state index in [0.29, 0.717) is 12.5 Å². The van der Waals surface area contributed by atoms with Gasteiger partial charge < -0.3 is 4.90 Å². The molecule has 0 N–H and O–H groups in total. The normalized spacial score (nSPS) is 12.2. The van der Waals surface area contributed by atoms with Gasteiger partial charge in [-0.05, 0) is 41.5 Å². The minimum Gasteiger partial charge on any atom is -0.332 e. The Morgan fingerprint density at radius 1 is 1.35 bits per heavy atom. The van der Waals surface area contributed by atoms with Crippen molar-refractivity contribution < 1.29 is 4.79 Å². The highest BCUT2D eigenvalue weighted by Crippen LogP contribution is 2.18. The Balaban J connectivity index is 2.54. The van der Waals surface area contributed by atoms with Crippen LogP contribution in [0.4, 0.5) is 4.79 Å². The molecule has 1 unspecified atom stereocenters. The zero-order valence-electron chi connectivity index (χ0n) is 10.7. The molecule has 0 fully saturated rings. The molecule has 1 aromatic rings. The topological polar surface area (TPSA) is 20.3 Å². The summed E-state index contributed by atoms with van der Waals surface area (Å²) < 4.78 is 0. The predicted octanol–water partition coefficient (Wildman–Crippen LogP) is 4.03. The molecule has 1 rings (SSSR count). The van der Waals surface area contributed by atoms with E-state index in [9.17, 15) is 4.79 Å². The fourth-order valence-electron chi connectivity index (χ4n) is 1.63. The maximum Gasteiger partial charge on any atom is 0.316 e. The van der Waals surface area contributed by atoms with Crippen molar-refractivity contribution in [2.45, 2.75) is 32.6 Å². The third-order valence-corrected chi connectivity index (χ3v) is 3.49. The Morgan fingerprint density at radius 2 is 1.94 bits per heavy atom. The lowest BCUT2D eigenvalue weighted by molar-refractivity contribution is 0.232. The Morgan fingerprint density at radius 3 is 2.41 bits per heavy atom. The summed E-state index contributed by atoms with van der Waals surface area (Å²) in [6, 6.07) is 8.61. The van der Waals surface area contributed by atoms with Crippen molar-refractivity contribution in [2.24, 2.45) is 0 Å². The average Bonchev–Trinajstić information content (AvgIpc) is 2.35. The van der Waals surface area contributed by atoms with E-state index in [1.165, 1.54) is 16.0 Å². The molecular formula is C14H20ClNO. The van der Waals surface area contributed by atoms with Crippen LogP contribution in [0.3, 0.4) is 0 Å². The van der Waals surface area contributed by atoms with Crippen LogP contribution in [0.2, 0.25) is 0 Å². The van der Waals surface area contributed by atoms with Gasteiger partial charge in [0, 0.05) is 13.6 Å². The number of rotatable bonds is 5. The third-order valence-electron chi connectivity index (χ3n) is 3.20. The van der Waals surface area contributed by atoms with E-state index < -0.39 is 5.37 Å². The van der Waals surface area contributed by atoms with Gasteiger partial charge in [-0.3, -0.25) is 4.79 Å². The zero-order valence-corrected chi connectivity index (χ0v) is 11.5. The smallest absolute Gasteiger partial charge is 0.316 e. The molecule has 17 heavy (non-hydrogen) atoms. The van der Waals surface area contributed by atoms with Gasteiger partial charge >= 0.3 is 5.37 Å². The molecule has 1 atom stereocenters. The number of benzene rings is 1. The molecule has 0 saturated carbocycles. The number of nitrogens with zero attached hydrogens (tertiary/aromatic N) is 1. The number of hydrogen-bond acceptors (Lipinski definition) is 1. The van der Waals surface area contributed by atoms with Gasteiger partial charge in [0.05, 0.1) is 0 Å². The van der Waals surface area contributed by atoms with Crippen molar-refractivity contribution in [3.05, 3.63) is 35.4 Å². The molecule has 0 aliphatic carbocycles. The standard InChI is InChI=1S/C14H20ClNO/c1-4-11(2)13-7-5-12(6-8-13)9-10-16(3)14(15)17/h5-8,11H,4,9-10H2,1-3H3. The van der Waals surface area contributed by atoms with Gasteiger partial charge in [0.1, 0.15) is 0 Å². The van der Waals surface area contributed by atoms with Crippen molar-refractivity contribution in [3.8, 4) is 0 Å². The third kappa shape index (κ3) is 4.39. The summed E-state index contributed by atoms with van der Waals surface area (Å²) in [5.74, 6) is 0.608. The lowest BCUT2D eigenvalue weighted by atomic mass is 9.97. The highest BCUT2D eigenvalue weighted by atomic mass is 35.5.